The molecule has 232 valence electrons. The highest BCUT2D eigenvalue weighted by Gasteiger charge is 2.37. The third kappa shape index (κ3) is 11.1. The van der Waals surface area contributed by atoms with Crippen LogP contribution in [-0.4, -0.2) is 39.7 Å². The van der Waals surface area contributed by atoms with Gasteiger partial charge in [-0.05, 0) is 29.7 Å². The smallest absolute Gasteiger partial charge is 0.421 e. The van der Waals surface area contributed by atoms with Gasteiger partial charge in [-0.1, -0.05) is 113 Å². The summed E-state index contributed by atoms with van der Waals surface area (Å²) in [4.78, 5) is 25.7. The van der Waals surface area contributed by atoms with Gasteiger partial charge in [-0.15, -0.1) is 0 Å². The van der Waals surface area contributed by atoms with Gasteiger partial charge in [0.2, 0.25) is 0 Å². The van der Waals surface area contributed by atoms with Crippen molar-refractivity contribution in [3.8, 4) is 0 Å². The summed E-state index contributed by atoms with van der Waals surface area (Å²) in [5, 5.41) is 2.72. The number of para-hydroxylation sites is 1. The molecule has 0 saturated heterocycles. The van der Waals surface area contributed by atoms with Crippen LogP contribution in [0.15, 0.2) is 89.8 Å². The molecule has 3 rings (SSSR count). The van der Waals surface area contributed by atoms with Crippen LogP contribution in [0.25, 0.3) is 0 Å². The second-order valence-electron chi connectivity index (χ2n) is 10.9. The van der Waals surface area contributed by atoms with E-state index in [2.05, 4.69) is 12.2 Å². The molecule has 2 amide bonds. The molecule has 0 spiro atoms. The van der Waals surface area contributed by atoms with Crippen molar-refractivity contribution in [3.63, 3.8) is 0 Å². The molecule has 0 bridgehead atoms. The lowest BCUT2D eigenvalue weighted by Gasteiger charge is -2.33. The monoisotopic (exact) mass is 610 g/mol. The Morgan fingerprint density at radius 3 is 2.07 bits per heavy atom. The number of amides is 2. The van der Waals surface area contributed by atoms with Crippen LogP contribution in [0.5, 0.6) is 0 Å². The number of nitrogens with one attached hydrogen (secondary N) is 2. The maximum atomic E-state index is 13.7. The van der Waals surface area contributed by atoms with Crippen LogP contribution >= 0.6 is 0 Å². The molecule has 0 aliphatic heterocycles. The summed E-state index contributed by atoms with van der Waals surface area (Å²) in [6.45, 7) is 6.60. The number of rotatable bonds is 17. The van der Waals surface area contributed by atoms with Gasteiger partial charge in [0, 0.05) is 5.41 Å². The lowest BCUT2D eigenvalue weighted by Crippen LogP contribution is -2.45. The molecule has 43 heavy (non-hydrogen) atoms. The van der Waals surface area contributed by atoms with Gasteiger partial charge in [0.15, 0.2) is 0 Å². The Kier molecular flexibility index (Phi) is 13.2. The second-order valence-corrected chi connectivity index (χ2v) is 12.6. The van der Waals surface area contributed by atoms with E-state index in [9.17, 15) is 18.0 Å². The van der Waals surface area contributed by atoms with Crippen LogP contribution < -0.4 is 10.0 Å². The van der Waals surface area contributed by atoms with Gasteiger partial charge in [0.25, 0.3) is 15.9 Å². The average Bonchev–Trinajstić information content (AvgIpc) is 2.98. The predicted octanol–water partition coefficient (Wildman–Crippen LogP) is 6.45. The largest absolute Gasteiger partial charge is 0.449 e. The van der Waals surface area contributed by atoms with Gasteiger partial charge in [-0.2, -0.15) is 0 Å². The molecule has 10 heteroatoms. The Bertz CT molecular complexity index is 1400. The second kappa shape index (κ2) is 16.8. The molecule has 1 atom stereocenters. The molecule has 0 fully saturated rings. The fourth-order valence-corrected chi connectivity index (χ4v) is 5.44. The molecule has 0 heterocycles. The van der Waals surface area contributed by atoms with Crippen molar-refractivity contribution in [2.75, 3.05) is 18.5 Å². The summed E-state index contributed by atoms with van der Waals surface area (Å²) < 4.78 is 45.4. The number of hydrogen-bond acceptors (Lipinski definition) is 7. The lowest BCUT2D eigenvalue weighted by molar-refractivity contribution is -0.141. The first kappa shape index (κ1) is 33.8. The van der Waals surface area contributed by atoms with Crippen molar-refractivity contribution in [1.29, 1.82) is 0 Å². The molecule has 0 aliphatic rings. The third-order valence-electron chi connectivity index (χ3n) is 6.68. The predicted molar refractivity (Wildman–Crippen MR) is 166 cm³/mol. The van der Waals surface area contributed by atoms with Gasteiger partial charge >= 0.3 is 6.09 Å². The zero-order valence-corrected chi connectivity index (χ0v) is 25.9. The standard InChI is InChI=1S/C33H42N2O7S/c1-4-5-6-15-22-41-32(37)35-43(38,39)29-21-14-13-20-28(29)34-31(36)30(42-24-27-18-11-8-12-19-27)33(2,3)25-40-23-26-16-9-7-10-17-26/h7-14,16-21,30H,4-6,15,22-25H2,1-3H3,(H,34,36)(H,35,37). The minimum atomic E-state index is -4.35. The Balaban J connectivity index is 1.74. The first-order chi connectivity index (χ1) is 20.6. The van der Waals surface area contributed by atoms with Crippen LogP contribution in [-0.2, 0) is 42.2 Å². The van der Waals surface area contributed by atoms with Crippen molar-refractivity contribution < 1.29 is 32.2 Å². The summed E-state index contributed by atoms with van der Waals surface area (Å²) in [6.07, 6.45) is 1.47. The number of sulfonamides is 1. The number of benzene rings is 3. The highest BCUT2D eigenvalue weighted by Crippen LogP contribution is 2.29. The highest BCUT2D eigenvalue weighted by molar-refractivity contribution is 7.90. The molecule has 3 aromatic rings. The molecule has 3 aromatic carbocycles. The van der Waals surface area contributed by atoms with E-state index in [-0.39, 0.29) is 30.4 Å². The zero-order valence-electron chi connectivity index (χ0n) is 25.1. The highest BCUT2D eigenvalue weighted by atomic mass is 32.2. The van der Waals surface area contributed by atoms with Gasteiger partial charge in [-0.25, -0.2) is 17.9 Å². The third-order valence-corrected chi connectivity index (χ3v) is 8.05. The van der Waals surface area contributed by atoms with E-state index in [0.717, 1.165) is 30.4 Å². The summed E-state index contributed by atoms with van der Waals surface area (Å²) in [5.41, 5.74) is 1.07. The van der Waals surface area contributed by atoms with E-state index < -0.39 is 33.5 Å². The van der Waals surface area contributed by atoms with Gasteiger partial charge in [0.05, 0.1) is 32.1 Å². The Labute approximate surface area is 255 Å². The van der Waals surface area contributed by atoms with Crippen LogP contribution in [0.4, 0.5) is 10.5 Å². The van der Waals surface area contributed by atoms with E-state index in [1.165, 1.54) is 18.2 Å². The SMILES string of the molecule is CCCCCCOC(=O)NS(=O)(=O)c1ccccc1NC(=O)C(OCc1ccccc1)C(C)(C)COCc1ccccc1. The number of hydrogen-bond donors (Lipinski definition) is 2. The van der Waals surface area contributed by atoms with E-state index in [4.69, 9.17) is 14.2 Å². The van der Waals surface area contributed by atoms with Crippen molar-refractivity contribution in [2.45, 2.75) is 70.7 Å². The Morgan fingerprint density at radius 1 is 0.814 bits per heavy atom. The fraction of sp³-hybridized carbons (Fsp3) is 0.394. The van der Waals surface area contributed by atoms with E-state index >= 15 is 0 Å². The lowest BCUT2D eigenvalue weighted by atomic mass is 9.86. The average molecular weight is 611 g/mol. The molecule has 9 nitrogen and oxygen atoms in total. The van der Waals surface area contributed by atoms with Crippen LogP contribution in [0, 0.1) is 5.41 Å². The minimum absolute atomic E-state index is 0.00469. The van der Waals surface area contributed by atoms with Crippen LogP contribution in [0.2, 0.25) is 0 Å². The molecule has 2 N–H and O–H groups in total. The van der Waals surface area contributed by atoms with Gasteiger partial charge in [0.1, 0.15) is 11.0 Å². The number of unbranched alkanes of at least 4 members (excludes halogenated alkanes) is 3. The van der Waals surface area contributed by atoms with E-state index in [1.54, 1.807) is 6.07 Å². The molecular formula is C33H42N2O7S. The Hall–Kier alpha value is -3.73. The minimum Gasteiger partial charge on any atom is -0.449 e. The maximum Gasteiger partial charge on any atom is 0.421 e. The number of anilines is 1. The maximum absolute atomic E-state index is 13.7. The Morgan fingerprint density at radius 2 is 1.42 bits per heavy atom. The molecule has 0 aliphatic carbocycles. The van der Waals surface area contributed by atoms with Crippen molar-refractivity contribution in [2.24, 2.45) is 5.41 Å². The summed E-state index contributed by atoms with van der Waals surface area (Å²) in [6, 6.07) is 25.0. The van der Waals surface area contributed by atoms with Crippen molar-refractivity contribution in [3.05, 3.63) is 96.1 Å². The number of ether oxygens (including phenoxy) is 3. The van der Waals surface area contributed by atoms with Crippen molar-refractivity contribution in [1.82, 2.24) is 4.72 Å². The summed E-state index contributed by atoms with van der Waals surface area (Å²) in [5.74, 6) is -0.551. The first-order valence-corrected chi connectivity index (χ1v) is 16.0. The molecule has 1 unspecified atom stereocenters. The number of carbonyl (C=O) groups excluding carboxylic acids is 2. The van der Waals surface area contributed by atoms with E-state index in [1.807, 2.05) is 79.2 Å². The first-order valence-electron chi connectivity index (χ1n) is 14.5. The van der Waals surface area contributed by atoms with Crippen LogP contribution in [0.1, 0.15) is 57.6 Å². The van der Waals surface area contributed by atoms with Crippen LogP contribution in [0.3, 0.4) is 0 Å². The molecule has 0 radical (unpaired) electrons. The van der Waals surface area contributed by atoms with Crippen molar-refractivity contribution >= 4 is 27.7 Å². The molecule has 0 aromatic heterocycles. The van der Waals surface area contributed by atoms with Gasteiger partial charge < -0.3 is 19.5 Å². The quantitative estimate of drug-likeness (QED) is 0.169. The fourth-order valence-electron chi connectivity index (χ4n) is 4.38. The van der Waals surface area contributed by atoms with Gasteiger partial charge in [-0.3, -0.25) is 4.79 Å². The van der Waals surface area contributed by atoms with E-state index in [0.29, 0.717) is 13.0 Å². The normalized spacial score (nSPS) is 12.3. The number of carbonyl (C=O) groups is 2. The zero-order chi connectivity index (χ0) is 31.1. The summed E-state index contributed by atoms with van der Waals surface area (Å²) in [7, 11) is -4.35. The molecule has 0 saturated carbocycles. The molecular weight excluding hydrogens is 568 g/mol. The summed E-state index contributed by atoms with van der Waals surface area (Å²) >= 11 is 0. The topological polar surface area (TPSA) is 120 Å².